The molecule has 1 aliphatic heterocycles. The van der Waals surface area contributed by atoms with Gasteiger partial charge in [0.25, 0.3) is 0 Å². The van der Waals surface area contributed by atoms with E-state index >= 15 is 0 Å². The first kappa shape index (κ1) is 11.4. The van der Waals surface area contributed by atoms with Crippen molar-refractivity contribution in [1.29, 1.82) is 0 Å². The van der Waals surface area contributed by atoms with Gasteiger partial charge >= 0.3 is 0 Å². The van der Waals surface area contributed by atoms with Gasteiger partial charge < -0.3 is 0 Å². The molecule has 96 valence electrons. The first-order chi connectivity index (χ1) is 8.50. The van der Waals surface area contributed by atoms with E-state index in [0.29, 0.717) is 6.04 Å². The number of fused-ring (bicyclic) bond motifs is 2. The lowest BCUT2D eigenvalue weighted by molar-refractivity contribution is -0.820. The Bertz CT molecular complexity index is 638. The number of likely N-dealkylation sites (N-methyl/N-ethyl adjacent to an activating group) is 1. The summed E-state index contributed by atoms with van der Waals surface area (Å²) in [5.74, 6) is 0. The van der Waals surface area contributed by atoms with Gasteiger partial charge in [-0.05, 0) is 29.8 Å². The molecule has 0 fully saturated rings. The van der Waals surface area contributed by atoms with Crippen molar-refractivity contribution < 1.29 is 4.80 Å². The summed E-state index contributed by atoms with van der Waals surface area (Å²) in [6.45, 7) is 8.48. The van der Waals surface area contributed by atoms with E-state index in [1.807, 2.05) is 16.9 Å². The minimum Gasteiger partial charge on any atom is -0.272 e. The molecule has 2 atom stereocenters. The van der Waals surface area contributed by atoms with Gasteiger partial charge in [0.05, 0.1) is 6.04 Å². The van der Waals surface area contributed by atoms with Crippen LogP contribution in [0.3, 0.4) is 0 Å². The quantitative estimate of drug-likeness (QED) is 0.692. The molecule has 0 aromatic carbocycles. The van der Waals surface area contributed by atoms with E-state index in [2.05, 4.69) is 48.2 Å². The van der Waals surface area contributed by atoms with E-state index in [9.17, 15) is 0 Å². The van der Waals surface area contributed by atoms with Crippen LogP contribution < -0.4 is 15.5 Å². The molecule has 3 rings (SSSR count). The highest BCUT2D eigenvalue weighted by molar-refractivity contribution is 5.63. The fraction of sp³-hybridized carbons (Fsp3) is 0.667. The van der Waals surface area contributed by atoms with E-state index in [1.165, 1.54) is 11.1 Å². The third-order valence-electron chi connectivity index (χ3n) is 3.83. The lowest BCUT2D eigenvalue weighted by Gasteiger charge is -2.24. The molecule has 2 unspecified atom stereocenters. The molecule has 18 heavy (non-hydrogen) atoms. The second-order valence-corrected chi connectivity index (χ2v) is 5.41. The maximum absolute atomic E-state index is 4.67. The average Bonchev–Trinajstić information content (AvgIpc) is 2.90. The van der Waals surface area contributed by atoms with E-state index in [4.69, 9.17) is 0 Å². The van der Waals surface area contributed by atoms with Crippen molar-refractivity contribution >= 4 is 11.1 Å². The zero-order valence-electron chi connectivity index (χ0n) is 11.5. The van der Waals surface area contributed by atoms with Gasteiger partial charge in [-0.1, -0.05) is 5.22 Å². The molecule has 0 spiro atoms. The second kappa shape index (κ2) is 3.63. The first-order valence-corrected chi connectivity index (χ1v) is 6.33. The normalized spacial score (nSPS) is 26.0. The van der Waals surface area contributed by atoms with Crippen LogP contribution in [0.4, 0.5) is 0 Å². The molecule has 6 heteroatoms. The van der Waals surface area contributed by atoms with Gasteiger partial charge in [-0.2, -0.15) is 5.11 Å². The lowest BCUT2D eigenvalue weighted by atomic mass is 9.91. The Balaban J connectivity index is 2.31. The van der Waals surface area contributed by atoms with Crippen LogP contribution in [0, 0.1) is 0 Å². The molecular weight excluding hydrogens is 228 g/mol. The van der Waals surface area contributed by atoms with Crippen LogP contribution >= 0.6 is 0 Å². The van der Waals surface area contributed by atoms with Crippen LogP contribution in [0.2, 0.25) is 0 Å². The predicted octanol–water partition coefficient (Wildman–Crippen LogP) is -0.317. The molecule has 0 radical (unpaired) electrons. The van der Waals surface area contributed by atoms with Gasteiger partial charge in [0.2, 0.25) is 6.04 Å². The van der Waals surface area contributed by atoms with Gasteiger partial charge in [-0.3, -0.25) is 5.01 Å². The number of H-pyrrole nitrogens is 1. The van der Waals surface area contributed by atoms with Crippen LogP contribution in [-0.4, -0.2) is 34.3 Å². The maximum Gasteiger partial charge on any atom is 0.204 e. The number of nitrogens with one attached hydrogen (secondary N) is 1. The van der Waals surface area contributed by atoms with Gasteiger partial charge in [0.1, 0.15) is 11.4 Å². The van der Waals surface area contributed by atoms with Crippen molar-refractivity contribution in [2.24, 2.45) is 10.3 Å². The highest BCUT2D eigenvalue weighted by Gasteiger charge is 2.38. The predicted molar refractivity (Wildman–Crippen MR) is 66.8 cm³/mol. The summed E-state index contributed by atoms with van der Waals surface area (Å²) in [4.78, 5) is 1.91. The largest absolute Gasteiger partial charge is 0.272 e. The van der Waals surface area contributed by atoms with Gasteiger partial charge in [0.15, 0.2) is 5.35 Å². The van der Waals surface area contributed by atoms with Crippen LogP contribution in [-0.2, 0) is 0 Å². The Morgan fingerprint density at radius 2 is 2.00 bits per heavy atom. The number of nitrogens with zero attached hydrogens (tertiary/aromatic N) is 5. The second-order valence-electron chi connectivity index (χ2n) is 5.41. The Morgan fingerprint density at radius 3 is 2.67 bits per heavy atom. The summed E-state index contributed by atoms with van der Waals surface area (Å²) in [6.07, 6.45) is 0. The summed E-state index contributed by atoms with van der Waals surface area (Å²) in [5.41, 5.74) is 2.46. The van der Waals surface area contributed by atoms with Gasteiger partial charge in [-0.15, -0.1) is 5.10 Å². The molecule has 1 aromatic heterocycles. The molecule has 1 N–H and O–H groups in total. The highest BCUT2D eigenvalue weighted by atomic mass is 15.6. The van der Waals surface area contributed by atoms with Gasteiger partial charge in [-0.25, -0.2) is 0 Å². The van der Waals surface area contributed by atoms with Crippen molar-refractivity contribution in [2.45, 2.75) is 45.8 Å². The summed E-state index contributed by atoms with van der Waals surface area (Å²) in [6, 6.07) is 0.681. The zero-order chi connectivity index (χ0) is 13.0. The van der Waals surface area contributed by atoms with E-state index in [1.54, 1.807) is 0 Å². The molecule has 0 bridgehead atoms. The minimum atomic E-state index is 0.128. The standard InChI is InChI=1S/C12H19N6/c1-6(2)18-14-9-7(3)11-12(17(5)16-13-11)8(4)10(9)15-18/h6,11-12H,1-5H3,(H,14,15)/q+1. The zero-order valence-corrected chi connectivity index (χ0v) is 11.5. The van der Waals surface area contributed by atoms with Crippen LogP contribution in [0.15, 0.2) is 10.3 Å². The van der Waals surface area contributed by atoms with E-state index < -0.39 is 0 Å². The molecule has 2 heterocycles. The first-order valence-electron chi connectivity index (χ1n) is 6.33. The summed E-state index contributed by atoms with van der Waals surface area (Å²) >= 11 is 0. The van der Waals surface area contributed by atoms with Crippen molar-refractivity contribution in [1.82, 2.24) is 15.2 Å². The molecule has 2 aliphatic rings. The fourth-order valence-corrected chi connectivity index (χ4v) is 2.73. The van der Waals surface area contributed by atoms with Crippen LogP contribution in [0.5, 0.6) is 0 Å². The Labute approximate surface area is 106 Å². The van der Waals surface area contributed by atoms with Crippen LogP contribution in [0.1, 0.15) is 33.7 Å². The molecule has 0 saturated heterocycles. The van der Waals surface area contributed by atoms with Crippen molar-refractivity contribution in [3.8, 4) is 0 Å². The number of aromatic amines is 1. The summed E-state index contributed by atoms with van der Waals surface area (Å²) in [7, 11) is 1.97. The SMILES string of the molecule is CC1=c2n[n+](C(C)C)[nH]c2=C(C)C2N=NN(C)C12. The van der Waals surface area contributed by atoms with Gasteiger partial charge in [0, 0.05) is 26.0 Å². The molecule has 1 aromatic rings. The molecule has 0 saturated carbocycles. The van der Waals surface area contributed by atoms with E-state index in [0.717, 1.165) is 10.7 Å². The molecule has 0 amide bonds. The third kappa shape index (κ3) is 1.34. The fourth-order valence-electron chi connectivity index (χ4n) is 2.73. The monoisotopic (exact) mass is 247 g/mol. The smallest absolute Gasteiger partial charge is 0.204 e. The minimum absolute atomic E-state index is 0.128. The Kier molecular flexibility index (Phi) is 2.30. The molecule has 6 nitrogen and oxygen atoms in total. The summed E-state index contributed by atoms with van der Waals surface area (Å²) < 4.78 is 0. The highest BCUT2D eigenvalue weighted by Crippen LogP contribution is 2.28. The lowest BCUT2D eigenvalue weighted by Crippen LogP contribution is -2.46. The Morgan fingerprint density at radius 1 is 1.28 bits per heavy atom. The number of hydrogen-bond donors (Lipinski definition) is 1. The third-order valence-corrected chi connectivity index (χ3v) is 3.83. The molecule has 1 aliphatic carbocycles. The molecular formula is C12H19N6+. The Hall–Kier alpha value is -1.72. The summed E-state index contributed by atoms with van der Waals surface area (Å²) in [5, 5.41) is 20.7. The average molecular weight is 247 g/mol. The van der Waals surface area contributed by atoms with E-state index in [-0.39, 0.29) is 12.1 Å². The van der Waals surface area contributed by atoms with Crippen LogP contribution in [0.25, 0.3) is 11.1 Å². The van der Waals surface area contributed by atoms with Crippen molar-refractivity contribution in [2.75, 3.05) is 7.05 Å². The number of hydrogen-bond acceptors (Lipinski definition) is 4. The van der Waals surface area contributed by atoms with Crippen molar-refractivity contribution in [3.63, 3.8) is 0 Å². The number of aromatic nitrogens is 3. The topological polar surface area (TPSA) is 60.5 Å². The maximum atomic E-state index is 4.67. The van der Waals surface area contributed by atoms with Crippen molar-refractivity contribution in [3.05, 3.63) is 10.7 Å². The number of rotatable bonds is 1.